The average Bonchev–Trinajstić information content (AvgIpc) is 2.87. The SMILES string of the molecule is COc1n[nH]c(NC(=O)COCc2ccccc2)n1. The third-order valence-electron chi connectivity index (χ3n) is 2.25. The van der Waals surface area contributed by atoms with Gasteiger partial charge in [-0.3, -0.25) is 10.1 Å². The second kappa shape index (κ2) is 6.50. The molecule has 7 heteroatoms. The normalized spacial score (nSPS) is 10.2. The van der Waals surface area contributed by atoms with Crippen LogP contribution < -0.4 is 10.1 Å². The van der Waals surface area contributed by atoms with Gasteiger partial charge < -0.3 is 9.47 Å². The van der Waals surface area contributed by atoms with Crippen LogP contribution in [0.15, 0.2) is 30.3 Å². The molecule has 0 unspecified atom stereocenters. The van der Waals surface area contributed by atoms with E-state index >= 15 is 0 Å². The number of anilines is 1. The Kier molecular flexibility index (Phi) is 4.46. The molecule has 0 atom stereocenters. The van der Waals surface area contributed by atoms with Gasteiger partial charge in [0.1, 0.15) is 6.61 Å². The third-order valence-corrected chi connectivity index (χ3v) is 2.25. The maximum Gasteiger partial charge on any atom is 0.336 e. The number of hydrogen-bond donors (Lipinski definition) is 2. The van der Waals surface area contributed by atoms with E-state index in [1.807, 2.05) is 30.3 Å². The van der Waals surface area contributed by atoms with Crippen LogP contribution in [-0.4, -0.2) is 34.8 Å². The van der Waals surface area contributed by atoms with Gasteiger partial charge in [0, 0.05) is 0 Å². The van der Waals surface area contributed by atoms with Crippen molar-refractivity contribution in [3.05, 3.63) is 35.9 Å². The van der Waals surface area contributed by atoms with Crippen molar-refractivity contribution in [2.75, 3.05) is 19.0 Å². The van der Waals surface area contributed by atoms with E-state index in [4.69, 9.17) is 9.47 Å². The van der Waals surface area contributed by atoms with E-state index in [0.717, 1.165) is 5.56 Å². The van der Waals surface area contributed by atoms with Crippen LogP contribution in [0.3, 0.4) is 0 Å². The number of hydrogen-bond acceptors (Lipinski definition) is 5. The lowest BCUT2D eigenvalue weighted by atomic mass is 10.2. The fourth-order valence-corrected chi connectivity index (χ4v) is 1.40. The number of rotatable bonds is 6. The molecule has 0 aliphatic rings. The monoisotopic (exact) mass is 262 g/mol. The van der Waals surface area contributed by atoms with Crippen LogP contribution in [0.5, 0.6) is 6.01 Å². The van der Waals surface area contributed by atoms with Crippen molar-refractivity contribution in [1.82, 2.24) is 15.2 Å². The number of H-pyrrole nitrogens is 1. The average molecular weight is 262 g/mol. The van der Waals surface area contributed by atoms with Gasteiger partial charge in [-0.1, -0.05) is 30.3 Å². The minimum Gasteiger partial charge on any atom is -0.466 e. The Bertz CT molecular complexity index is 527. The molecule has 0 saturated heterocycles. The fraction of sp³-hybridized carbons (Fsp3) is 0.250. The molecule has 1 aromatic heterocycles. The molecule has 2 rings (SSSR count). The lowest BCUT2D eigenvalue weighted by Crippen LogP contribution is -2.19. The van der Waals surface area contributed by atoms with Gasteiger partial charge in [-0.05, 0) is 5.56 Å². The predicted molar refractivity (Wildman–Crippen MR) is 67.7 cm³/mol. The largest absolute Gasteiger partial charge is 0.466 e. The van der Waals surface area contributed by atoms with E-state index in [0.29, 0.717) is 6.61 Å². The summed E-state index contributed by atoms with van der Waals surface area (Å²) < 4.78 is 10.1. The molecule has 1 aromatic carbocycles. The molecule has 0 aliphatic carbocycles. The van der Waals surface area contributed by atoms with Crippen LogP contribution in [0.2, 0.25) is 0 Å². The second-order valence-corrected chi connectivity index (χ2v) is 3.70. The zero-order chi connectivity index (χ0) is 13.5. The Hall–Kier alpha value is -2.41. The van der Waals surface area contributed by atoms with Crippen molar-refractivity contribution in [2.45, 2.75) is 6.61 Å². The zero-order valence-corrected chi connectivity index (χ0v) is 10.4. The number of methoxy groups -OCH3 is 1. The highest BCUT2D eigenvalue weighted by atomic mass is 16.5. The van der Waals surface area contributed by atoms with E-state index in [-0.39, 0.29) is 24.5 Å². The molecule has 7 nitrogen and oxygen atoms in total. The molecule has 2 aromatic rings. The standard InChI is InChI=1S/C12H14N4O3/c1-18-12-14-11(15-16-12)13-10(17)8-19-7-9-5-3-2-4-6-9/h2-6H,7-8H2,1H3,(H2,13,14,15,16,17). The first-order chi connectivity index (χ1) is 9.28. The quantitative estimate of drug-likeness (QED) is 0.809. The van der Waals surface area contributed by atoms with Crippen molar-refractivity contribution in [2.24, 2.45) is 0 Å². The molecule has 19 heavy (non-hydrogen) atoms. The molecular formula is C12H14N4O3. The first-order valence-corrected chi connectivity index (χ1v) is 5.66. The Balaban J connectivity index is 1.73. The Morgan fingerprint density at radius 2 is 2.16 bits per heavy atom. The summed E-state index contributed by atoms with van der Waals surface area (Å²) in [6.07, 6.45) is 0. The highest BCUT2D eigenvalue weighted by molar-refractivity contribution is 5.89. The van der Waals surface area contributed by atoms with Gasteiger partial charge in [0.2, 0.25) is 5.95 Å². The smallest absolute Gasteiger partial charge is 0.336 e. The topological polar surface area (TPSA) is 89.1 Å². The molecule has 1 heterocycles. The third kappa shape index (κ3) is 4.07. The summed E-state index contributed by atoms with van der Waals surface area (Å²) in [7, 11) is 1.44. The van der Waals surface area contributed by atoms with Crippen molar-refractivity contribution >= 4 is 11.9 Å². The molecule has 0 radical (unpaired) electrons. The van der Waals surface area contributed by atoms with Crippen molar-refractivity contribution in [3.8, 4) is 6.01 Å². The van der Waals surface area contributed by atoms with Gasteiger partial charge in [-0.15, -0.1) is 5.10 Å². The molecule has 0 fully saturated rings. The summed E-state index contributed by atoms with van der Waals surface area (Å²) in [5.74, 6) is -0.0834. The number of amides is 1. The van der Waals surface area contributed by atoms with Crippen LogP contribution >= 0.6 is 0 Å². The zero-order valence-electron chi connectivity index (χ0n) is 10.4. The van der Waals surface area contributed by atoms with E-state index in [1.165, 1.54) is 7.11 Å². The van der Waals surface area contributed by atoms with Crippen LogP contribution in [0, 0.1) is 0 Å². The van der Waals surface area contributed by atoms with Gasteiger partial charge in [0.25, 0.3) is 5.91 Å². The highest BCUT2D eigenvalue weighted by Crippen LogP contribution is 2.04. The van der Waals surface area contributed by atoms with E-state index in [1.54, 1.807) is 0 Å². The summed E-state index contributed by atoms with van der Waals surface area (Å²) in [6.45, 7) is 0.325. The summed E-state index contributed by atoms with van der Waals surface area (Å²) in [5, 5.41) is 8.73. The van der Waals surface area contributed by atoms with E-state index in [9.17, 15) is 4.79 Å². The van der Waals surface area contributed by atoms with Crippen LogP contribution in [0.25, 0.3) is 0 Å². The maximum absolute atomic E-state index is 11.5. The molecule has 0 saturated carbocycles. The van der Waals surface area contributed by atoms with Crippen molar-refractivity contribution < 1.29 is 14.3 Å². The molecular weight excluding hydrogens is 248 g/mol. The summed E-state index contributed by atoms with van der Waals surface area (Å²) in [5.41, 5.74) is 1.01. The molecule has 1 amide bonds. The van der Waals surface area contributed by atoms with Gasteiger partial charge in [-0.2, -0.15) is 4.98 Å². The second-order valence-electron chi connectivity index (χ2n) is 3.70. The molecule has 0 aliphatic heterocycles. The van der Waals surface area contributed by atoms with E-state index in [2.05, 4.69) is 20.5 Å². The van der Waals surface area contributed by atoms with Crippen LogP contribution in [-0.2, 0) is 16.1 Å². The molecule has 100 valence electrons. The van der Waals surface area contributed by atoms with E-state index < -0.39 is 0 Å². The minimum atomic E-state index is -0.310. The predicted octanol–water partition coefficient (Wildman–Crippen LogP) is 0.969. The summed E-state index contributed by atoms with van der Waals surface area (Å²) in [4.78, 5) is 15.4. The molecule has 2 N–H and O–H groups in total. The number of nitrogens with one attached hydrogen (secondary N) is 2. The molecule has 0 spiro atoms. The lowest BCUT2D eigenvalue weighted by molar-refractivity contribution is -0.121. The van der Waals surface area contributed by atoms with Crippen LogP contribution in [0.1, 0.15) is 5.56 Å². The highest BCUT2D eigenvalue weighted by Gasteiger charge is 2.07. The van der Waals surface area contributed by atoms with Gasteiger partial charge >= 0.3 is 6.01 Å². The van der Waals surface area contributed by atoms with Crippen molar-refractivity contribution in [1.29, 1.82) is 0 Å². The Morgan fingerprint density at radius 3 is 2.84 bits per heavy atom. The lowest BCUT2D eigenvalue weighted by Gasteiger charge is -2.03. The maximum atomic E-state index is 11.5. The first kappa shape index (κ1) is 13.0. The fourth-order valence-electron chi connectivity index (χ4n) is 1.40. The van der Waals surface area contributed by atoms with Crippen molar-refractivity contribution in [3.63, 3.8) is 0 Å². The summed E-state index contributed by atoms with van der Waals surface area (Å²) >= 11 is 0. The minimum absolute atomic E-state index is 0.0576. The number of ether oxygens (including phenoxy) is 2. The number of carbonyl (C=O) groups is 1. The number of nitrogens with zero attached hydrogens (tertiary/aromatic N) is 2. The number of carbonyl (C=O) groups excluding carboxylic acids is 1. The first-order valence-electron chi connectivity index (χ1n) is 5.66. The van der Waals surface area contributed by atoms with Gasteiger partial charge in [0.15, 0.2) is 0 Å². The van der Waals surface area contributed by atoms with Crippen LogP contribution in [0.4, 0.5) is 5.95 Å². The van der Waals surface area contributed by atoms with Gasteiger partial charge in [0.05, 0.1) is 13.7 Å². The number of aromatic amines is 1. The number of benzene rings is 1. The Morgan fingerprint density at radius 1 is 1.37 bits per heavy atom. The summed E-state index contributed by atoms with van der Waals surface area (Å²) in [6, 6.07) is 9.78. The molecule has 0 bridgehead atoms. The van der Waals surface area contributed by atoms with Gasteiger partial charge in [-0.25, -0.2) is 5.10 Å². The Labute approximate surface area is 110 Å². The number of aromatic nitrogens is 3.